The standard InChI is InChI=1S/C10H16N4O/c1-4-5-6-12-9-8(7(2)15)14(3)10(11)13-9/h4,6-7,15H,1,5H2,2-3H3,(H2,11,13). The molecule has 0 saturated heterocycles. The Morgan fingerprint density at radius 3 is 2.93 bits per heavy atom. The summed E-state index contributed by atoms with van der Waals surface area (Å²) in [6.07, 6.45) is 3.43. The first-order valence-electron chi connectivity index (χ1n) is 4.71. The van der Waals surface area contributed by atoms with Crippen molar-refractivity contribution in [3.63, 3.8) is 0 Å². The summed E-state index contributed by atoms with van der Waals surface area (Å²) < 4.78 is 1.63. The van der Waals surface area contributed by atoms with E-state index >= 15 is 0 Å². The SMILES string of the molecule is C=CCC=Nc1nc(N)n(C)c1C(C)O. The van der Waals surface area contributed by atoms with Gasteiger partial charge in [-0.3, -0.25) is 0 Å². The molecule has 0 aliphatic rings. The lowest BCUT2D eigenvalue weighted by Crippen LogP contribution is -2.03. The van der Waals surface area contributed by atoms with E-state index < -0.39 is 6.10 Å². The highest BCUT2D eigenvalue weighted by molar-refractivity contribution is 5.65. The predicted octanol–water partition coefficient (Wildman–Crippen LogP) is 1.33. The maximum Gasteiger partial charge on any atom is 0.202 e. The maximum absolute atomic E-state index is 9.54. The van der Waals surface area contributed by atoms with Crippen molar-refractivity contribution in [2.45, 2.75) is 19.4 Å². The maximum atomic E-state index is 9.54. The molecule has 5 nitrogen and oxygen atoms in total. The van der Waals surface area contributed by atoms with E-state index in [0.717, 1.165) is 0 Å². The molecule has 82 valence electrons. The number of aliphatic hydroxyl groups excluding tert-OH is 1. The molecule has 0 bridgehead atoms. The first-order valence-corrected chi connectivity index (χ1v) is 4.71. The van der Waals surface area contributed by atoms with Gasteiger partial charge in [0.05, 0.1) is 11.8 Å². The topological polar surface area (TPSA) is 76.4 Å². The number of aromatic nitrogens is 2. The third-order valence-corrected chi connectivity index (χ3v) is 2.04. The Labute approximate surface area is 89.0 Å². The van der Waals surface area contributed by atoms with Crippen LogP contribution in [0.2, 0.25) is 0 Å². The highest BCUT2D eigenvalue weighted by Gasteiger charge is 2.15. The average Bonchev–Trinajstić information content (AvgIpc) is 2.43. The summed E-state index contributed by atoms with van der Waals surface area (Å²) in [5, 5.41) is 9.54. The number of rotatable bonds is 4. The zero-order valence-corrected chi connectivity index (χ0v) is 9.01. The lowest BCUT2D eigenvalue weighted by molar-refractivity contribution is 0.191. The van der Waals surface area contributed by atoms with E-state index in [1.807, 2.05) is 0 Å². The molecule has 1 atom stereocenters. The summed E-state index contributed by atoms with van der Waals surface area (Å²) in [7, 11) is 1.75. The molecule has 1 rings (SSSR count). The van der Waals surface area contributed by atoms with Gasteiger partial charge >= 0.3 is 0 Å². The van der Waals surface area contributed by atoms with E-state index in [9.17, 15) is 5.11 Å². The fourth-order valence-corrected chi connectivity index (χ4v) is 1.29. The number of hydrogen-bond acceptors (Lipinski definition) is 4. The number of aliphatic hydroxyl groups is 1. The Balaban J connectivity index is 3.06. The van der Waals surface area contributed by atoms with Gasteiger partial charge in [0.1, 0.15) is 0 Å². The summed E-state index contributed by atoms with van der Waals surface area (Å²) in [6.45, 7) is 5.24. The van der Waals surface area contributed by atoms with Crippen molar-refractivity contribution in [2.24, 2.45) is 12.0 Å². The molecule has 0 aliphatic carbocycles. The van der Waals surface area contributed by atoms with Gasteiger partial charge in [-0.15, -0.1) is 6.58 Å². The number of nitrogens with zero attached hydrogens (tertiary/aromatic N) is 3. The molecule has 0 fully saturated rings. The van der Waals surface area contributed by atoms with Gasteiger partial charge in [0.2, 0.25) is 5.95 Å². The van der Waals surface area contributed by atoms with Crippen LogP contribution in [-0.4, -0.2) is 20.9 Å². The average molecular weight is 208 g/mol. The van der Waals surface area contributed by atoms with E-state index in [-0.39, 0.29) is 0 Å². The zero-order chi connectivity index (χ0) is 11.4. The fourth-order valence-electron chi connectivity index (χ4n) is 1.29. The summed E-state index contributed by atoms with van der Waals surface area (Å²) in [4.78, 5) is 8.18. The number of nitrogens with two attached hydrogens (primary N) is 1. The number of anilines is 1. The van der Waals surface area contributed by atoms with Crippen LogP contribution in [0, 0.1) is 0 Å². The Bertz CT molecular complexity index is 379. The van der Waals surface area contributed by atoms with Gasteiger partial charge in [-0.2, -0.15) is 4.98 Å². The smallest absolute Gasteiger partial charge is 0.202 e. The van der Waals surface area contributed by atoms with E-state index in [1.165, 1.54) is 0 Å². The Hall–Kier alpha value is -1.62. The second kappa shape index (κ2) is 4.75. The summed E-state index contributed by atoms with van der Waals surface area (Å²) in [5.41, 5.74) is 6.25. The van der Waals surface area contributed by atoms with Crippen molar-refractivity contribution in [2.75, 3.05) is 5.73 Å². The monoisotopic (exact) mass is 208 g/mol. The van der Waals surface area contributed by atoms with Crippen molar-refractivity contribution in [1.29, 1.82) is 0 Å². The third kappa shape index (κ3) is 2.44. The molecule has 3 N–H and O–H groups in total. The van der Waals surface area contributed by atoms with Crippen LogP contribution in [0.15, 0.2) is 17.6 Å². The molecule has 5 heteroatoms. The zero-order valence-electron chi connectivity index (χ0n) is 9.01. The van der Waals surface area contributed by atoms with Crippen molar-refractivity contribution >= 4 is 18.0 Å². The third-order valence-electron chi connectivity index (χ3n) is 2.04. The Morgan fingerprint density at radius 1 is 1.73 bits per heavy atom. The highest BCUT2D eigenvalue weighted by atomic mass is 16.3. The van der Waals surface area contributed by atoms with Gasteiger partial charge in [0, 0.05) is 19.7 Å². The molecule has 0 spiro atoms. The summed E-state index contributed by atoms with van der Waals surface area (Å²) in [6, 6.07) is 0. The Kier molecular flexibility index (Phi) is 3.62. The molecule has 0 amide bonds. The van der Waals surface area contributed by atoms with E-state index in [0.29, 0.717) is 23.9 Å². The van der Waals surface area contributed by atoms with Crippen LogP contribution in [0.5, 0.6) is 0 Å². The molecule has 15 heavy (non-hydrogen) atoms. The number of allylic oxidation sites excluding steroid dienone is 1. The molecule has 0 aromatic carbocycles. The molecule has 0 aliphatic heterocycles. The van der Waals surface area contributed by atoms with Crippen LogP contribution >= 0.6 is 0 Å². The second-order valence-corrected chi connectivity index (χ2v) is 3.25. The molecular weight excluding hydrogens is 192 g/mol. The van der Waals surface area contributed by atoms with Crippen LogP contribution < -0.4 is 5.73 Å². The van der Waals surface area contributed by atoms with Crippen LogP contribution in [0.25, 0.3) is 0 Å². The van der Waals surface area contributed by atoms with E-state index in [2.05, 4.69) is 16.6 Å². The minimum Gasteiger partial charge on any atom is -0.387 e. The minimum atomic E-state index is -0.643. The van der Waals surface area contributed by atoms with Crippen molar-refractivity contribution in [1.82, 2.24) is 9.55 Å². The first-order chi connectivity index (χ1) is 7.07. The van der Waals surface area contributed by atoms with Crippen LogP contribution in [0.3, 0.4) is 0 Å². The molecule has 1 unspecified atom stereocenters. The molecule has 0 radical (unpaired) electrons. The number of nitrogen functional groups attached to an aromatic ring is 1. The predicted molar refractivity (Wildman–Crippen MR) is 61.2 cm³/mol. The van der Waals surface area contributed by atoms with Crippen molar-refractivity contribution < 1.29 is 5.11 Å². The summed E-state index contributed by atoms with van der Waals surface area (Å²) >= 11 is 0. The quantitative estimate of drug-likeness (QED) is 0.579. The largest absolute Gasteiger partial charge is 0.387 e. The van der Waals surface area contributed by atoms with Crippen molar-refractivity contribution in [3.05, 3.63) is 18.3 Å². The van der Waals surface area contributed by atoms with Crippen LogP contribution in [-0.2, 0) is 7.05 Å². The van der Waals surface area contributed by atoms with Crippen LogP contribution in [0.4, 0.5) is 11.8 Å². The van der Waals surface area contributed by atoms with Gasteiger partial charge in [0.25, 0.3) is 0 Å². The highest BCUT2D eigenvalue weighted by Crippen LogP contribution is 2.26. The number of aliphatic imine (C=N–C) groups is 1. The van der Waals surface area contributed by atoms with E-state index in [1.54, 1.807) is 30.8 Å². The van der Waals surface area contributed by atoms with Crippen molar-refractivity contribution in [3.8, 4) is 0 Å². The molecule has 1 aromatic heterocycles. The van der Waals surface area contributed by atoms with Crippen LogP contribution in [0.1, 0.15) is 25.1 Å². The molecule has 1 aromatic rings. The minimum absolute atomic E-state index is 0.344. The number of imidazole rings is 1. The molecular formula is C10H16N4O. The fraction of sp³-hybridized carbons (Fsp3) is 0.400. The first kappa shape index (κ1) is 11.5. The molecule has 1 heterocycles. The molecule has 0 saturated carbocycles. The number of hydrogen-bond donors (Lipinski definition) is 2. The van der Waals surface area contributed by atoms with Gasteiger partial charge in [0.15, 0.2) is 5.82 Å². The van der Waals surface area contributed by atoms with Gasteiger partial charge < -0.3 is 15.4 Å². The van der Waals surface area contributed by atoms with Gasteiger partial charge in [-0.05, 0) is 6.92 Å². The van der Waals surface area contributed by atoms with Gasteiger partial charge in [-0.1, -0.05) is 6.08 Å². The Morgan fingerprint density at radius 2 is 2.40 bits per heavy atom. The summed E-state index contributed by atoms with van der Waals surface area (Å²) in [5.74, 6) is 0.809. The normalized spacial score (nSPS) is 13.3. The van der Waals surface area contributed by atoms with Gasteiger partial charge in [-0.25, -0.2) is 4.99 Å². The lowest BCUT2D eigenvalue weighted by atomic mass is 10.3. The lowest BCUT2D eigenvalue weighted by Gasteiger charge is -2.06. The van der Waals surface area contributed by atoms with E-state index in [4.69, 9.17) is 5.73 Å². The second-order valence-electron chi connectivity index (χ2n) is 3.25.